The largest absolute Gasteiger partial charge is 0.310 e. The molecule has 0 N–H and O–H groups in total. The zero-order valence-corrected chi connectivity index (χ0v) is 49.8. The number of unbranched alkanes of at least 4 members (excludes halogenated alkanes) is 3. The molecule has 5 heteroatoms. The van der Waals surface area contributed by atoms with Crippen LogP contribution in [0.25, 0.3) is 99.5 Å². The summed E-state index contributed by atoms with van der Waals surface area (Å²) in [4.78, 5) is 5.41. The highest BCUT2D eigenvalue weighted by atomic mass is 15.2. The molecule has 2 aliphatic rings. The quantitative estimate of drug-likeness (QED) is 0.0845. The number of hydrogen-bond donors (Lipinski definition) is 0. The summed E-state index contributed by atoms with van der Waals surface area (Å²) in [6.07, 6.45) is 5.56. The van der Waals surface area contributed by atoms with Crippen molar-refractivity contribution in [1.29, 1.82) is 0 Å². The Kier molecular flexibility index (Phi) is 12.9. The molecular formula is C84H63BN4. The Bertz CT molecular complexity index is 4660. The van der Waals surface area contributed by atoms with Gasteiger partial charge in [-0.2, -0.15) is 0 Å². The van der Waals surface area contributed by atoms with Crippen LogP contribution in [0.3, 0.4) is 0 Å². The Balaban J connectivity index is 1.04. The summed E-state index contributed by atoms with van der Waals surface area (Å²) in [5.74, 6) is 0. The van der Waals surface area contributed by atoms with E-state index in [1.54, 1.807) is 0 Å². The molecule has 0 atom stereocenters. The fourth-order valence-electron chi connectivity index (χ4n) is 15.1. The minimum absolute atomic E-state index is 0.167. The Morgan fingerprint density at radius 3 is 0.978 bits per heavy atom. The van der Waals surface area contributed by atoms with E-state index < -0.39 is 0 Å². The van der Waals surface area contributed by atoms with Gasteiger partial charge in [0, 0.05) is 77.9 Å². The molecule has 2 aliphatic heterocycles. The van der Waals surface area contributed by atoms with Crippen LogP contribution in [0, 0.1) is 0 Å². The average molecular weight is 1140 g/mol. The third-order valence-electron chi connectivity index (χ3n) is 19.0. The number of para-hydroxylation sites is 6. The van der Waals surface area contributed by atoms with Gasteiger partial charge < -0.3 is 18.9 Å². The maximum Gasteiger partial charge on any atom is 0.252 e. The second kappa shape index (κ2) is 21.8. The van der Waals surface area contributed by atoms with Gasteiger partial charge in [0.25, 0.3) is 6.71 Å². The summed E-state index contributed by atoms with van der Waals surface area (Å²) in [7, 11) is 0. The second-order valence-electron chi connectivity index (χ2n) is 24.1. The number of anilines is 6. The van der Waals surface area contributed by atoms with Crippen molar-refractivity contribution in [3.63, 3.8) is 0 Å². The molecule has 0 amide bonds. The van der Waals surface area contributed by atoms with Crippen LogP contribution in [-0.4, -0.2) is 15.8 Å². The minimum Gasteiger partial charge on any atom is -0.310 e. The van der Waals surface area contributed by atoms with E-state index in [9.17, 15) is 0 Å². The van der Waals surface area contributed by atoms with Crippen LogP contribution in [0.15, 0.2) is 303 Å². The molecular weight excluding hydrogens is 1080 g/mol. The molecule has 422 valence electrons. The molecule has 4 nitrogen and oxygen atoms in total. The van der Waals surface area contributed by atoms with E-state index in [-0.39, 0.29) is 6.71 Å². The SMILES string of the molecule is CCCCCCc1cc2c3c(c1)N(c1c(-c4ccccc4)cccc1-c1ccccc1)c1cc(-n4c5ccccc5c5ccccc54)ccc1B3c1ccc(-n3c4ccccc4c4ccccc43)cc1N2c1c(-c2ccccc2)cccc1-c1ccccc1. The van der Waals surface area contributed by atoms with E-state index in [1.165, 1.54) is 141 Å². The zero-order chi connectivity index (χ0) is 58.9. The van der Waals surface area contributed by atoms with E-state index in [0.717, 1.165) is 47.0 Å². The van der Waals surface area contributed by atoms with Crippen molar-refractivity contribution in [2.75, 3.05) is 9.80 Å². The maximum atomic E-state index is 2.71. The monoisotopic (exact) mass is 1140 g/mol. The smallest absolute Gasteiger partial charge is 0.252 e. The van der Waals surface area contributed by atoms with Crippen LogP contribution in [-0.2, 0) is 6.42 Å². The lowest BCUT2D eigenvalue weighted by Crippen LogP contribution is -2.61. The third-order valence-corrected chi connectivity index (χ3v) is 19.0. The van der Waals surface area contributed by atoms with Crippen molar-refractivity contribution < 1.29 is 0 Å². The van der Waals surface area contributed by atoms with Gasteiger partial charge in [0.15, 0.2) is 0 Å². The predicted molar refractivity (Wildman–Crippen MR) is 379 cm³/mol. The molecule has 4 heterocycles. The topological polar surface area (TPSA) is 16.3 Å². The molecule has 0 fully saturated rings. The maximum absolute atomic E-state index is 2.71. The molecule has 0 spiro atoms. The molecule has 0 saturated heterocycles. The number of hydrogen-bond acceptors (Lipinski definition) is 2. The average Bonchev–Trinajstić information content (AvgIpc) is 1.26. The molecule has 0 bridgehead atoms. The first-order valence-electron chi connectivity index (χ1n) is 31.7. The zero-order valence-electron chi connectivity index (χ0n) is 49.8. The number of aryl methyl sites for hydroxylation is 1. The van der Waals surface area contributed by atoms with Crippen molar-refractivity contribution in [3.05, 3.63) is 309 Å². The highest BCUT2D eigenvalue weighted by molar-refractivity contribution is 7.00. The Labute approximate surface area is 520 Å². The van der Waals surface area contributed by atoms with Crippen molar-refractivity contribution in [1.82, 2.24) is 9.13 Å². The Morgan fingerprint density at radius 2 is 0.629 bits per heavy atom. The van der Waals surface area contributed by atoms with Crippen LogP contribution in [0.1, 0.15) is 38.2 Å². The molecule has 0 radical (unpaired) electrons. The van der Waals surface area contributed by atoms with E-state index >= 15 is 0 Å². The standard InChI is InChI=1S/C84H63BN4/c1-2-3-4-9-28-57-53-80-82-81(54-57)89(84-66(60-33-14-7-15-34-60)43-27-44-67(84)61-35-16-8-17-36-61)79-56-63(87-76-47-24-20-39-70(76)71-40-21-25-48-77(71)87)50-52-73(79)85(82)72-51-49-62(86-74-45-22-18-37-68(74)69-38-19-23-46-75(69)86)55-78(72)88(80)83-64(58-29-10-5-11-30-58)41-26-42-65(83)59-31-12-6-13-32-59/h5-8,10-27,29-56H,2-4,9,28H2,1H3. The molecule has 2 aromatic heterocycles. The number of nitrogens with zero attached hydrogens (tertiary/aromatic N) is 4. The molecule has 13 aromatic carbocycles. The summed E-state index contributed by atoms with van der Waals surface area (Å²) in [6, 6.07) is 114. The van der Waals surface area contributed by atoms with Crippen molar-refractivity contribution in [2.24, 2.45) is 0 Å². The third kappa shape index (κ3) is 8.59. The molecule has 0 saturated carbocycles. The lowest BCUT2D eigenvalue weighted by atomic mass is 9.33. The Hall–Kier alpha value is -10.9. The van der Waals surface area contributed by atoms with Crippen LogP contribution in [0.5, 0.6) is 0 Å². The first-order valence-corrected chi connectivity index (χ1v) is 31.7. The summed E-state index contributed by atoms with van der Waals surface area (Å²) >= 11 is 0. The van der Waals surface area contributed by atoms with E-state index in [0.29, 0.717) is 0 Å². The van der Waals surface area contributed by atoms with E-state index in [2.05, 4.69) is 329 Å². The van der Waals surface area contributed by atoms with Gasteiger partial charge in [-0.3, -0.25) is 0 Å². The van der Waals surface area contributed by atoms with Crippen molar-refractivity contribution >= 4 is 101 Å². The molecule has 0 unspecified atom stereocenters. The summed E-state index contributed by atoms with van der Waals surface area (Å²) in [5, 5.41) is 4.97. The van der Waals surface area contributed by atoms with Gasteiger partial charge in [-0.1, -0.05) is 269 Å². The molecule has 17 rings (SSSR count). The Morgan fingerprint density at radius 1 is 0.292 bits per heavy atom. The molecule has 15 aromatic rings. The highest BCUT2D eigenvalue weighted by Crippen LogP contribution is 2.54. The number of benzene rings is 13. The van der Waals surface area contributed by atoms with Crippen LogP contribution >= 0.6 is 0 Å². The molecule has 89 heavy (non-hydrogen) atoms. The van der Waals surface area contributed by atoms with E-state index in [1.807, 2.05) is 0 Å². The number of fused-ring (bicyclic) bond motifs is 10. The van der Waals surface area contributed by atoms with Gasteiger partial charge >= 0.3 is 0 Å². The van der Waals surface area contributed by atoms with Gasteiger partial charge in [-0.25, -0.2) is 0 Å². The van der Waals surface area contributed by atoms with Crippen LogP contribution < -0.4 is 26.2 Å². The number of rotatable bonds is 13. The van der Waals surface area contributed by atoms with E-state index in [4.69, 9.17) is 0 Å². The first kappa shape index (κ1) is 52.5. The van der Waals surface area contributed by atoms with Gasteiger partial charge in [0.1, 0.15) is 0 Å². The normalized spacial score (nSPS) is 12.5. The molecule has 0 aliphatic carbocycles. The highest BCUT2D eigenvalue weighted by Gasteiger charge is 2.45. The fraction of sp³-hybridized carbons (Fsp3) is 0.0714. The van der Waals surface area contributed by atoms with Crippen LogP contribution in [0.4, 0.5) is 34.1 Å². The summed E-state index contributed by atoms with van der Waals surface area (Å²) < 4.78 is 4.99. The lowest BCUT2D eigenvalue weighted by Gasteiger charge is -2.46. The van der Waals surface area contributed by atoms with Gasteiger partial charge in [-0.05, 0) is 118 Å². The summed E-state index contributed by atoms with van der Waals surface area (Å²) in [5.41, 5.74) is 28.5. The second-order valence-corrected chi connectivity index (χ2v) is 24.1. The number of aromatic nitrogens is 2. The van der Waals surface area contributed by atoms with Gasteiger partial charge in [0.05, 0.1) is 33.4 Å². The van der Waals surface area contributed by atoms with Crippen LogP contribution in [0.2, 0.25) is 0 Å². The first-order chi connectivity index (χ1) is 44.2. The minimum atomic E-state index is -0.167. The summed E-state index contributed by atoms with van der Waals surface area (Å²) in [6.45, 7) is 2.15. The fourth-order valence-corrected chi connectivity index (χ4v) is 15.1. The lowest BCUT2D eigenvalue weighted by molar-refractivity contribution is 0.667. The van der Waals surface area contributed by atoms with Gasteiger partial charge in [-0.15, -0.1) is 0 Å². The van der Waals surface area contributed by atoms with Gasteiger partial charge in [0.2, 0.25) is 0 Å². The van der Waals surface area contributed by atoms with Crippen molar-refractivity contribution in [2.45, 2.75) is 39.0 Å². The predicted octanol–water partition coefficient (Wildman–Crippen LogP) is 20.8. The van der Waals surface area contributed by atoms with Crippen molar-refractivity contribution in [3.8, 4) is 55.9 Å².